The normalized spacial score (nSPS) is 21.3. The Balaban J connectivity index is 2.25. The van der Waals surface area contributed by atoms with Gasteiger partial charge >= 0.3 is 0 Å². The molecule has 1 aliphatic heterocycles. The van der Waals surface area contributed by atoms with Crippen LogP contribution in [0.2, 0.25) is 0 Å². The molecular weight excluding hydrogens is 164 g/mol. The summed E-state index contributed by atoms with van der Waals surface area (Å²) in [5, 5.41) is 8.68. The highest BCUT2D eigenvalue weighted by Crippen LogP contribution is 2.24. The van der Waals surface area contributed by atoms with Gasteiger partial charge in [-0.2, -0.15) is 5.26 Å². The van der Waals surface area contributed by atoms with E-state index in [9.17, 15) is 0 Å². The van der Waals surface area contributed by atoms with Crippen LogP contribution in [0.3, 0.4) is 0 Å². The van der Waals surface area contributed by atoms with Crippen LogP contribution in [0.5, 0.6) is 0 Å². The van der Waals surface area contributed by atoms with Gasteiger partial charge in [-0.1, -0.05) is 0 Å². The van der Waals surface area contributed by atoms with E-state index in [4.69, 9.17) is 10.00 Å². The van der Waals surface area contributed by atoms with Crippen molar-refractivity contribution in [2.75, 3.05) is 13.2 Å². The minimum absolute atomic E-state index is 0.431. The molecule has 1 atom stereocenters. The fourth-order valence-electron chi connectivity index (χ4n) is 1.54. The van der Waals surface area contributed by atoms with Gasteiger partial charge in [0.1, 0.15) is 6.07 Å². The Morgan fingerprint density at radius 2 is 2.46 bits per heavy atom. The molecule has 1 unspecified atom stereocenters. The molecule has 1 aliphatic rings. The van der Waals surface area contributed by atoms with E-state index in [0.717, 1.165) is 25.2 Å². The summed E-state index contributed by atoms with van der Waals surface area (Å²) in [5.74, 6) is 0.431. The largest absolute Gasteiger partial charge is 0.381 e. The second-order valence-electron chi connectivity index (χ2n) is 3.18. The fourth-order valence-corrected chi connectivity index (χ4v) is 1.54. The number of pyridine rings is 1. The number of hydrogen-bond donors (Lipinski definition) is 0. The van der Waals surface area contributed by atoms with Gasteiger partial charge in [-0.25, -0.2) is 0 Å². The number of hydrogen-bond acceptors (Lipinski definition) is 3. The van der Waals surface area contributed by atoms with Crippen LogP contribution in [-0.2, 0) is 4.74 Å². The number of ether oxygens (including phenoxy) is 1. The smallest absolute Gasteiger partial charge is 0.101 e. The summed E-state index contributed by atoms with van der Waals surface area (Å²) < 4.78 is 5.27. The van der Waals surface area contributed by atoms with Gasteiger partial charge in [0.25, 0.3) is 0 Å². The van der Waals surface area contributed by atoms with Gasteiger partial charge in [0.15, 0.2) is 0 Å². The quantitative estimate of drug-likeness (QED) is 0.647. The predicted octanol–water partition coefficient (Wildman–Crippen LogP) is 1.46. The number of nitriles is 1. The summed E-state index contributed by atoms with van der Waals surface area (Å²) in [7, 11) is 0. The van der Waals surface area contributed by atoms with E-state index in [1.807, 2.05) is 12.3 Å². The Labute approximate surface area is 77.0 Å². The third-order valence-electron chi connectivity index (χ3n) is 2.29. The predicted molar refractivity (Wildman–Crippen MR) is 47.1 cm³/mol. The molecule has 0 amide bonds. The average Bonchev–Trinajstić information content (AvgIpc) is 2.71. The number of rotatable bonds is 1. The number of aromatic nitrogens is 1. The third kappa shape index (κ3) is 1.68. The molecule has 1 saturated heterocycles. The zero-order chi connectivity index (χ0) is 9.10. The van der Waals surface area contributed by atoms with E-state index in [0.29, 0.717) is 11.5 Å². The first kappa shape index (κ1) is 8.21. The first-order valence-corrected chi connectivity index (χ1v) is 4.33. The lowest BCUT2D eigenvalue weighted by Gasteiger charge is -2.06. The molecule has 0 aliphatic carbocycles. The van der Waals surface area contributed by atoms with Crippen molar-refractivity contribution in [2.24, 2.45) is 0 Å². The molecule has 2 rings (SSSR count). The van der Waals surface area contributed by atoms with E-state index in [1.54, 1.807) is 6.20 Å². The van der Waals surface area contributed by atoms with Crippen molar-refractivity contribution in [1.29, 1.82) is 5.26 Å². The summed E-state index contributed by atoms with van der Waals surface area (Å²) >= 11 is 0. The zero-order valence-corrected chi connectivity index (χ0v) is 7.23. The van der Waals surface area contributed by atoms with Crippen LogP contribution in [0.1, 0.15) is 23.5 Å². The van der Waals surface area contributed by atoms with Crippen LogP contribution in [0.25, 0.3) is 0 Å². The van der Waals surface area contributed by atoms with E-state index in [2.05, 4.69) is 11.1 Å². The first-order valence-electron chi connectivity index (χ1n) is 4.33. The highest BCUT2D eigenvalue weighted by Gasteiger charge is 2.17. The Hall–Kier alpha value is -1.40. The van der Waals surface area contributed by atoms with Gasteiger partial charge in [0, 0.05) is 24.9 Å². The monoisotopic (exact) mass is 174 g/mol. The maximum Gasteiger partial charge on any atom is 0.101 e. The Morgan fingerprint density at radius 1 is 1.54 bits per heavy atom. The zero-order valence-electron chi connectivity index (χ0n) is 7.23. The average molecular weight is 174 g/mol. The van der Waals surface area contributed by atoms with Crippen molar-refractivity contribution >= 4 is 0 Å². The van der Waals surface area contributed by atoms with Crippen LogP contribution < -0.4 is 0 Å². The van der Waals surface area contributed by atoms with Crippen molar-refractivity contribution in [3.05, 3.63) is 29.6 Å². The van der Waals surface area contributed by atoms with E-state index in [1.165, 1.54) is 0 Å². The molecule has 13 heavy (non-hydrogen) atoms. The lowest BCUT2D eigenvalue weighted by molar-refractivity contribution is 0.194. The molecule has 3 heteroatoms. The topological polar surface area (TPSA) is 45.9 Å². The molecule has 0 N–H and O–H groups in total. The fraction of sp³-hybridized carbons (Fsp3) is 0.400. The van der Waals surface area contributed by atoms with Gasteiger partial charge in [0.05, 0.1) is 12.2 Å². The maximum absolute atomic E-state index is 8.68. The Bertz CT molecular complexity index is 337. The van der Waals surface area contributed by atoms with Crippen LogP contribution >= 0.6 is 0 Å². The van der Waals surface area contributed by atoms with Crippen LogP contribution in [0.4, 0.5) is 0 Å². The molecule has 0 saturated carbocycles. The van der Waals surface area contributed by atoms with E-state index < -0.39 is 0 Å². The van der Waals surface area contributed by atoms with E-state index >= 15 is 0 Å². The SMILES string of the molecule is N#Cc1cncc(C2CCOC2)c1. The van der Waals surface area contributed by atoms with Crippen molar-refractivity contribution < 1.29 is 4.74 Å². The molecule has 2 heterocycles. The van der Waals surface area contributed by atoms with Crippen molar-refractivity contribution in [2.45, 2.75) is 12.3 Å². The summed E-state index contributed by atoms with van der Waals surface area (Å²) in [6.45, 7) is 1.58. The molecule has 1 aromatic rings. The summed E-state index contributed by atoms with van der Waals surface area (Å²) in [6.07, 6.45) is 4.44. The van der Waals surface area contributed by atoms with Crippen LogP contribution in [-0.4, -0.2) is 18.2 Å². The molecule has 0 radical (unpaired) electrons. The van der Waals surface area contributed by atoms with Gasteiger partial charge in [-0.05, 0) is 18.1 Å². The van der Waals surface area contributed by atoms with Gasteiger partial charge < -0.3 is 4.74 Å². The minimum atomic E-state index is 0.431. The van der Waals surface area contributed by atoms with Crippen molar-refractivity contribution in [3.63, 3.8) is 0 Å². The lowest BCUT2D eigenvalue weighted by atomic mass is 9.99. The standard InChI is InChI=1S/C10H10N2O/c11-4-8-3-10(6-12-5-8)9-1-2-13-7-9/h3,5-6,9H,1-2,7H2. The van der Waals surface area contributed by atoms with Gasteiger partial charge in [-0.15, -0.1) is 0 Å². The van der Waals surface area contributed by atoms with E-state index in [-0.39, 0.29) is 0 Å². The highest BCUT2D eigenvalue weighted by atomic mass is 16.5. The second kappa shape index (κ2) is 3.55. The third-order valence-corrected chi connectivity index (χ3v) is 2.29. The molecule has 1 aromatic heterocycles. The maximum atomic E-state index is 8.68. The van der Waals surface area contributed by atoms with Crippen LogP contribution in [0.15, 0.2) is 18.5 Å². The van der Waals surface area contributed by atoms with Gasteiger partial charge in [-0.3, -0.25) is 4.98 Å². The summed E-state index contributed by atoms with van der Waals surface area (Å²) in [4.78, 5) is 4.02. The first-order chi connectivity index (χ1) is 6.40. The highest BCUT2D eigenvalue weighted by molar-refractivity contribution is 5.31. The molecular formula is C10H10N2O. The van der Waals surface area contributed by atoms with Gasteiger partial charge in [0.2, 0.25) is 0 Å². The molecule has 0 bridgehead atoms. The molecule has 1 fully saturated rings. The Morgan fingerprint density at radius 3 is 3.15 bits per heavy atom. The lowest BCUT2D eigenvalue weighted by Crippen LogP contribution is -1.98. The minimum Gasteiger partial charge on any atom is -0.381 e. The molecule has 66 valence electrons. The van der Waals surface area contributed by atoms with Crippen LogP contribution in [0, 0.1) is 11.3 Å². The summed E-state index contributed by atoms with van der Waals surface area (Å²) in [5.41, 5.74) is 1.75. The van der Waals surface area contributed by atoms with Crippen molar-refractivity contribution in [1.82, 2.24) is 4.98 Å². The summed E-state index contributed by atoms with van der Waals surface area (Å²) in [6, 6.07) is 3.98. The Kier molecular flexibility index (Phi) is 2.24. The second-order valence-corrected chi connectivity index (χ2v) is 3.18. The molecule has 3 nitrogen and oxygen atoms in total. The molecule has 0 spiro atoms. The van der Waals surface area contributed by atoms with Crippen molar-refractivity contribution in [3.8, 4) is 6.07 Å². The number of nitrogens with zero attached hydrogens (tertiary/aromatic N) is 2. The molecule has 0 aromatic carbocycles.